The Labute approximate surface area is 129 Å². The van der Waals surface area contributed by atoms with Crippen molar-refractivity contribution < 1.29 is 0 Å². The molecular weight excluding hydrogens is 314 g/mol. The molecule has 0 amide bonds. The molecular formula is C16H22BrN3. The van der Waals surface area contributed by atoms with Crippen molar-refractivity contribution in [2.45, 2.75) is 19.8 Å². The van der Waals surface area contributed by atoms with Gasteiger partial charge < -0.3 is 5.32 Å². The van der Waals surface area contributed by atoms with Crippen LogP contribution in [-0.2, 0) is 19.9 Å². The Morgan fingerprint density at radius 2 is 1.90 bits per heavy atom. The van der Waals surface area contributed by atoms with E-state index in [1.807, 2.05) is 17.9 Å². The molecule has 0 bridgehead atoms. The summed E-state index contributed by atoms with van der Waals surface area (Å²) in [6.07, 6.45) is 6.24. The lowest BCUT2D eigenvalue weighted by Crippen LogP contribution is -2.25. The van der Waals surface area contributed by atoms with Crippen LogP contribution in [0.4, 0.5) is 0 Å². The number of rotatable bonds is 7. The van der Waals surface area contributed by atoms with E-state index in [1.165, 1.54) is 11.1 Å². The molecule has 0 spiro atoms. The van der Waals surface area contributed by atoms with Crippen molar-refractivity contribution in [1.82, 2.24) is 15.1 Å². The maximum atomic E-state index is 4.26. The third kappa shape index (κ3) is 4.76. The van der Waals surface area contributed by atoms with Gasteiger partial charge in [-0.25, -0.2) is 0 Å². The van der Waals surface area contributed by atoms with Crippen LogP contribution in [0.25, 0.3) is 0 Å². The fraction of sp³-hybridized carbons (Fsp3) is 0.438. The normalized spacial score (nSPS) is 12.6. The van der Waals surface area contributed by atoms with E-state index in [-0.39, 0.29) is 0 Å². The van der Waals surface area contributed by atoms with E-state index in [1.54, 1.807) is 0 Å². The maximum Gasteiger partial charge on any atom is 0.0521 e. The smallest absolute Gasteiger partial charge is 0.0521 e. The van der Waals surface area contributed by atoms with Gasteiger partial charge in [0.25, 0.3) is 0 Å². The third-order valence-electron chi connectivity index (χ3n) is 3.40. The van der Waals surface area contributed by atoms with E-state index in [0.717, 1.165) is 30.4 Å². The number of hydrogen-bond acceptors (Lipinski definition) is 2. The molecule has 0 saturated carbocycles. The second kappa shape index (κ2) is 7.60. The topological polar surface area (TPSA) is 29.9 Å². The van der Waals surface area contributed by atoms with E-state index in [2.05, 4.69) is 63.7 Å². The van der Waals surface area contributed by atoms with Gasteiger partial charge in [-0.15, -0.1) is 0 Å². The van der Waals surface area contributed by atoms with Gasteiger partial charge in [-0.05, 0) is 55.1 Å². The molecule has 1 aromatic carbocycles. The minimum absolute atomic E-state index is 0.598. The summed E-state index contributed by atoms with van der Waals surface area (Å²) in [7, 11) is 1.97. The lowest BCUT2D eigenvalue weighted by molar-refractivity contribution is 0.478. The summed E-state index contributed by atoms with van der Waals surface area (Å²) in [6.45, 7) is 4.21. The predicted octanol–water partition coefficient (Wildman–Crippen LogP) is 3.19. The number of benzene rings is 1. The molecule has 2 aromatic rings. The number of halogens is 1. The largest absolute Gasteiger partial charge is 0.317 e. The summed E-state index contributed by atoms with van der Waals surface area (Å²) in [5, 5.41) is 7.73. The number of aryl methyl sites for hydroxylation is 1. The Kier molecular flexibility index (Phi) is 5.80. The van der Waals surface area contributed by atoms with E-state index in [4.69, 9.17) is 0 Å². The highest BCUT2D eigenvalue weighted by Gasteiger charge is 2.11. The summed E-state index contributed by atoms with van der Waals surface area (Å²) < 4.78 is 3.01. The predicted molar refractivity (Wildman–Crippen MR) is 86.8 cm³/mol. The summed E-state index contributed by atoms with van der Waals surface area (Å²) in [5.41, 5.74) is 2.70. The quantitative estimate of drug-likeness (QED) is 0.842. The van der Waals surface area contributed by atoms with Gasteiger partial charge in [0, 0.05) is 17.7 Å². The number of hydrogen-bond donors (Lipinski definition) is 1. The Bertz CT molecular complexity index is 519. The average molecular weight is 336 g/mol. The molecule has 2 rings (SSSR count). The van der Waals surface area contributed by atoms with Crippen LogP contribution in [0.5, 0.6) is 0 Å². The van der Waals surface area contributed by atoms with Crippen LogP contribution in [0.2, 0.25) is 0 Å². The van der Waals surface area contributed by atoms with Crippen molar-refractivity contribution in [3.63, 3.8) is 0 Å². The number of nitrogens with one attached hydrogen (secondary N) is 1. The summed E-state index contributed by atoms with van der Waals surface area (Å²) in [6, 6.07) is 8.63. The molecule has 1 atom stereocenters. The zero-order valence-corrected chi connectivity index (χ0v) is 13.7. The van der Waals surface area contributed by atoms with Crippen LogP contribution in [0.15, 0.2) is 41.1 Å². The van der Waals surface area contributed by atoms with Crippen LogP contribution in [0.3, 0.4) is 0 Å². The van der Waals surface area contributed by atoms with Gasteiger partial charge >= 0.3 is 0 Å². The van der Waals surface area contributed by atoms with Crippen LogP contribution >= 0.6 is 15.9 Å². The molecule has 20 heavy (non-hydrogen) atoms. The second-order valence-electron chi connectivity index (χ2n) is 5.23. The Morgan fingerprint density at radius 1 is 1.20 bits per heavy atom. The zero-order valence-electron chi connectivity index (χ0n) is 12.1. The van der Waals surface area contributed by atoms with Crippen LogP contribution in [-0.4, -0.2) is 22.9 Å². The van der Waals surface area contributed by atoms with Gasteiger partial charge in [-0.2, -0.15) is 5.10 Å². The van der Waals surface area contributed by atoms with Gasteiger partial charge in [0.1, 0.15) is 0 Å². The highest BCUT2D eigenvalue weighted by molar-refractivity contribution is 9.10. The molecule has 0 aliphatic carbocycles. The monoisotopic (exact) mass is 335 g/mol. The van der Waals surface area contributed by atoms with Crippen molar-refractivity contribution in [1.29, 1.82) is 0 Å². The Balaban J connectivity index is 2.00. The van der Waals surface area contributed by atoms with Gasteiger partial charge in [0.2, 0.25) is 0 Å². The number of nitrogens with zero attached hydrogens (tertiary/aromatic N) is 2. The molecule has 0 saturated heterocycles. The summed E-state index contributed by atoms with van der Waals surface area (Å²) in [4.78, 5) is 0. The molecule has 108 valence electrons. The molecule has 0 aliphatic rings. The molecule has 1 N–H and O–H groups in total. The lowest BCUT2D eigenvalue weighted by atomic mass is 9.93. The van der Waals surface area contributed by atoms with Crippen molar-refractivity contribution in [2.75, 3.05) is 13.1 Å². The van der Waals surface area contributed by atoms with Gasteiger partial charge in [-0.1, -0.05) is 35.0 Å². The first-order valence-electron chi connectivity index (χ1n) is 7.10. The van der Waals surface area contributed by atoms with Crippen molar-refractivity contribution >= 4 is 15.9 Å². The molecule has 0 radical (unpaired) electrons. The standard InChI is InChI=1S/C16H22BrN3/c1-3-18-10-14(9-15-11-19-20(2)12-15)8-13-4-6-16(17)7-5-13/h4-7,11-12,14,18H,3,8-10H2,1-2H3. The first kappa shape index (κ1) is 15.3. The summed E-state index contributed by atoms with van der Waals surface area (Å²) >= 11 is 3.49. The molecule has 3 nitrogen and oxygen atoms in total. The minimum Gasteiger partial charge on any atom is -0.317 e. The highest BCUT2D eigenvalue weighted by atomic mass is 79.9. The lowest BCUT2D eigenvalue weighted by Gasteiger charge is -2.16. The fourth-order valence-corrected chi connectivity index (χ4v) is 2.69. The van der Waals surface area contributed by atoms with Crippen molar-refractivity contribution in [3.05, 3.63) is 52.3 Å². The van der Waals surface area contributed by atoms with Gasteiger partial charge in [-0.3, -0.25) is 4.68 Å². The SMILES string of the molecule is CCNCC(Cc1ccc(Br)cc1)Cc1cnn(C)c1. The first-order chi connectivity index (χ1) is 9.67. The molecule has 0 aliphatic heterocycles. The van der Waals surface area contributed by atoms with Crippen molar-refractivity contribution in [3.8, 4) is 0 Å². The van der Waals surface area contributed by atoms with Crippen LogP contribution < -0.4 is 5.32 Å². The number of aromatic nitrogens is 2. The molecule has 1 aromatic heterocycles. The minimum atomic E-state index is 0.598. The van der Waals surface area contributed by atoms with Crippen LogP contribution in [0, 0.1) is 5.92 Å². The van der Waals surface area contributed by atoms with Gasteiger partial charge in [0.15, 0.2) is 0 Å². The third-order valence-corrected chi connectivity index (χ3v) is 3.93. The molecule has 1 unspecified atom stereocenters. The Morgan fingerprint density at radius 3 is 2.50 bits per heavy atom. The van der Waals surface area contributed by atoms with Gasteiger partial charge in [0.05, 0.1) is 6.20 Å². The second-order valence-corrected chi connectivity index (χ2v) is 6.15. The molecule has 0 fully saturated rings. The van der Waals surface area contributed by atoms with Crippen LogP contribution in [0.1, 0.15) is 18.1 Å². The van der Waals surface area contributed by atoms with Crippen molar-refractivity contribution in [2.24, 2.45) is 13.0 Å². The average Bonchev–Trinajstić information content (AvgIpc) is 2.84. The highest BCUT2D eigenvalue weighted by Crippen LogP contribution is 2.16. The zero-order chi connectivity index (χ0) is 14.4. The van der Waals surface area contributed by atoms with E-state index in [0.29, 0.717) is 5.92 Å². The van der Waals surface area contributed by atoms with E-state index in [9.17, 15) is 0 Å². The van der Waals surface area contributed by atoms with E-state index < -0.39 is 0 Å². The summed E-state index contributed by atoms with van der Waals surface area (Å²) in [5.74, 6) is 0.598. The molecule has 1 heterocycles. The maximum absolute atomic E-state index is 4.26. The molecule has 4 heteroatoms. The fourth-order valence-electron chi connectivity index (χ4n) is 2.43. The first-order valence-corrected chi connectivity index (χ1v) is 7.89. The Hall–Kier alpha value is -1.13. The van der Waals surface area contributed by atoms with E-state index >= 15 is 0 Å².